The van der Waals surface area contributed by atoms with Crippen LogP contribution in [0.4, 0.5) is 5.69 Å². The molecule has 144 valence electrons. The van der Waals surface area contributed by atoms with E-state index in [-0.39, 0.29) is 5.91 Å². The molecule has 29 heavy (non-hydrogen) atoms. The van der Waals surface area contributed by atoms with E-state index in [1.165, 1.54) is 5.56 Å². The number of hydrogen-bond donors (Lipinski definition) is 1. The van der Waals surface area contributed by atoms with Crippen LogP contribution in [0.25, 0.3) is 16.7 Å². The number of aryl methyl sites for hydroxylation is 1. The fourth-order valence-electron chi connectivity index (χ4n) is 3.17. The van der Waals surface area contributed by atoms with Crippen LogP contribution < -0.4 is 14.8 Å². The van der Waals surface area contributed by atoms with Crippen LogP contribution in [-0.4, -0.2) is 34.1 Å². The molecule has 0 bridgehead atoms. The molecule has 1 aliphatic heterocycles. The Morgan fingerprint density at radius 1 is 0.897 bits per heavy atom. The predicted octanol–water partition coefficient (Wildman–Crippen LogP) is 3.75. The summed E-state index contributed by atoms with van der Waals surface area (Å²) in [6, 6.07) is 18.6. The molecule has 7 heteroatoms. The summed E-state index contributed by atoms with van der Waals surface area (Å²) in [5.41, 5.74) is 4.66. The van der Waals surface area contributed by atoms with Crippen molar-refractivity contribution in [3.63, 3.8) is 0 Å². The molecule has 0 atom stereocenters. The van der Waals surface area contributed by atoms with Gasteiger partial charge in [-0.1, -0.05) is 17.7 Å². The minimum atomic E-state index is -0.229. The maximum Gasteiger partial charge on any atom is 0.255 e. The van der Waals surface area contributed by atoms with Gasteiger partial charge in [0.05, 0.1) is 5.69 Å². The minimum absolute atomic E-state index is 0.229. The molecular formula is C22H18N4O3. The van der Waals surface area contributed by atoms with Gasteiger partial charge in [0.1, 0.15) is 24.2 Å². The summed E-state index contributed by atoms with van der Waals surface area (Å²) in [5.74, 6) is 1.01. The number of anilines is 1. The number of nitrogens with zero attached hydrogens (tertiary/aromatic N) is 3. The van der Waals surface area contributed by atoms with Crippen LogP contribution in [0.1, 0.15) is 15.9 Å². The molecule has 0 radical (unpaired) electrons. The maximum absolute atomic E-state index is 12.6. The summed E-state index contributed by atoms with van der Waals surface area (Å²) in [4.78, 5) is 14.2. The smallest absolute Gasteiger partial charge is 0.255 e. The van der Waals surface area contributed by atoms with Crippen molar-refractivity contribution in [2.45, 2.75) is 6.92 Å². The van der Waals surface area contributed by atoms with E-state index in [1.807, 2.05) is 49.4 Å². The molecule has 0 saturated heterocycles. The van der Waals surface area contributed by atoms with E-state index in [9.17, 15) is 4.79 Å². The number of aromatic nitrogens is 3. The van der Waals surface area contributed by atoms with Crippen LogP contribution in [0, 0.1) is 6.92 Å². The fraction of sp³-hybridized carbons (Fsp3) is 0.136. The number of rotatable bonds is 3. The number of fused-ring (bicyclic) bond motifs is 2. The van der Waals surface area contributed by atoms with Gasteiger partial charge in [-0.05, 0) is 55.5 Å². The highest BCUT2D eigenvalue weighted by Crippen LogP contribution is 2.31. The highest BCUT2D eigenvalue weighted by molar-refractivity contribution is 6.05. The average molecular weight is 386 g/mol. The van der Waals surface area contributed by atoms with Crippen molar-refractivity contribution >= 4 is 22.6 Å². The summed E-state index contributed by atoms with van der Waals surface area (Å²) in [6.45, 7) is 3.03. The van der Waals surface area contributed by atoms with E-state index in [0.717, 1.165) is 11.2 Å². The van der Waals surface area contributed by atoms with Gasteiger partial charge in [0.2, 0.25) is 0 Å². The Kier molecular flexibility index (Phi) is 4.13. The molecule has 0 aliphatic carbocycles. The van der Waals surface area contributed by atoms with Gasteiger partial charge in [-0.15, -0.1) is 10.2 Å². The number of carbonyl (C=O) groups excluding carboxylic acids is 1. The van der Waals surface area contributed by atoms with E-state index in [0.29, 0.717) is 41.5 Å². The molecule has 1 N–H and O–H groups in total. The second kappa shape index (κ2) is 6.94. The van der Waals surface area contributed by atoms with Gasteiger partial charge in [-0.25, -0.2) is 0 Å². The highest BCUT2D eigenvalue weighted by Gasteiger charge is 2.15. The Labute approximate surface area is 166 Å². The summed E-state index contributed by atoms with van der Waals surface area (Å²) in [5, 5.41) is 11.9. The van der Waals surface area contributed by atoms with Gasteiger partial charge >= 0.3 is 0 Å². The maximum atomic E-state index is 12.6. The molecule has 1 amide bonds. The normalized spacial score (nSPS) is 12.7. The Hall–Kier alpha value is -3.87. The molecular weight excluding hydrogens is 368 g/mol. The molecule has 4 aromatic rings. The lowest BCUT2D eigenvalue weighted by molar-refractivity contribution is 0.102. The summed E-state index contributed by atoms with van der Waals surface area (Å²) in [7, 11) is 0. The van der Waals surface area contributed by atoms with E-state index >= 15 is 0 Å². The standard InChI is InChI=1S/C22H18N4O3/c1-14-2-6-17(7-3-14)26-24-18-8-5-16(13-19(18)25-26)23-22(27)15-4-9-20-21(12-15)29-11-10-28-20/h2-9,12-13H,10-11H2,1H3,(H,23,27). The zero-order chi connectivity index (χ0) is 19.8. The van der Waals surface area contributed by atoms with Crippen molar-refractivity contribution in [3.8, 4) is 17.2 Å². The average Bonchev–Trinajstić information content (AvgIpc) is 3.17. The van der Waals surface area contributed by atoms with Crippen LogP contribution in [0.15, 0.2) is 60.7 Å². The van der Waals surface area contributed by atoms with Crippen LogP contribution in [0.2, 0.25) is 0 Å². The first-order valence-corrected chi connectivity index (χ1v) is 9.31. The van der Waals surface area contributed by atoms with Crippen LogP contribution in [-0.2, 0) is 0 Å². The third-order valence-corrected chi connectivity index (χ3v) is 4.71. The number of ether oxygens (including phenoxy) is 2. The van der Waals surface area contributed by atoms with Crippen molar-refractivity contribution in [2.24, 2.45) is 0 Å². The molecule has 1 aliphatic rings. The van der Waals surface area contributed by atoms with Crippen molar-refractivity contribution in [1.82, 2.24) is 15.0 Å². The topological polar surface area (TPSA) is 78.3 Å². The quantitative estimate of drug-likeness (QED) is 0.580. The molecule has 0 saturated carbocycles. The zero-order valence-electron chi connectivity index (χ0n) is 15.8. The molecule has 0 unspecified atom stereocenters. The van der Waals surface area contributed by atoms with Gasteiger partial charge in [-0.2, -0.15) is 4.80 Å². The van der Waals surface area contributed by atoms with Crippen molar-refractivity contribution in [3.05, 3.63) is 71.8 Å². The number of benzene rings is 3. The third kappa shape index (κ3) is 3.38. The Bertz CT molecular complexity index is 1210. The number of carbonyl (C=O) groups is 1. The number of amides is 1. The molecule has 3 aromatic carbocycles. The SMILES string of the molecule is Cc1ccc(-n2nc3ccc(NC(=O)c4ccc5c(c4)OCCO5)cc3n2)cc1. The number of nitrogens with one attached hydrogen (secondary N) is 1. The molecule has 7 nitrogen and oxygen atoms in total. The first kappa shape index (κ1) is 17.2. The van der Waals surface area contributed by atoms with E-state index in [4.69, 9.17) is 9.47 Å². The van der Waals surface area contributed by atoms with Crippen molar-refractivity contribution < 1.29 is 14.3 Å². The largest absolute Gasteiger partial charge is 0.486 e. The highest BCUT2D eigenvalue weighted by atomic mass is 16.6. The van der Waals surface area contributed by atoms with E-state index in [2.05, 4.69) is 15.5 Å². The minimum Gasteiger partial charge on any atom is -0.486 e. The Balaban J connectivity index is 1.39. The second-order valence-corrected chi connectivity index (χ2v) is 6.84. The zero-order valence-corrected chi connectivity index (χ0v) is 15.8. The molecule has 0 fully saturated rings. The monoisotopic (exact) mass is 386 g/mol. The lowest BCUT2D eigenvalue weighted by atomic mass is 10.1. The van der Waals surface area contributed by atoms with Gasteiger partial charge in [0.25, 0.3) is 5.91 Å². The molecule has 0 spiro atoms. The van der Waals surface area contributed by atoms with E-state index < -0.39 is 0 Å². The molecule has 5 rings (SSSR count). The van der Waals surface area contributed by atoms with E-state index in [1.54, 1.807) is 23.0 Å². The molecule has 1 aromatic heterocycles. The second-order valence-electron chi connectivity index (χ2n) is 6.84. The van der Waals surface area contributed by atoms with Crippen LogP contribution in [0.3, 0.4) is 0 Å². The first-order chi connectivity index (χ1) is 14.2. The Morgan fingerprint density at radius 3 is 2.48 bits per heavy atom. The third-order valence-electron chi connectivity index (χ3n) is 4.71. The lowest BCUT2D eigenvalue weighted by Gasteiger charge is -2.18. The predicted molar refractivity (Wildman–Crippen MR) is 109 cm³/mol. The lowest BCUT2D eigenvalue weighted by Crippen LogP contribution is -2.17. The van der Waals surface area contributed by atoms with Crippen molar-refractivity contribution in [2.75, 3.05) is 18.5 Å². The molecule has 2 heterocycles. The van der Waals surface area contributed by atoms with Gasteiger partial charge < -0.3 is 14.8 Å². The van der Waals surface area contributed by atoms with Gasteiger partial charge in [0.15, 0.2) is 11.5 Å². The summed E-state index contributed by atoms with van der Waals surface area (Å²) < 4.78 is 11.0. The summed E-state index contributed by atoms with van der Waals surface area (Å²) >= 11 is 0. The van der Waals surface area contributed by atoms with Crippen molar-refractivity contribution in [1.29, 1.82) is 0 Å². The van der Waals surface area contributed by atoms with Gasteiger partial charge in [-0.3, -0.25) is 4.79 Å². The van der Waals surface area contributed by atoms with Gasteiger partial charge in [0, 0.05) is 11.3 Å². The van der Waals surface area contributed by atoms with Crippen LogP contribution in [0.5, 0.6) is 11.5 Å². The van der Waals surface area contributed by atoms with Crippen LogP contribution >= 0.6 is 0 Å². The fourth-order valence-corrected chi connectivity index (χ4v) is 3.17. The summed E-state index contributed by atoms with van der Waals surface area (Å²) in [6.07, 6.45) is 0. The Morgan fingerprint density at radius 2 is 1.66 bits per heavy atom. The number of hydrogen-bond acceptors (Lipinski definition) is 5. The first-order valence-electron chi connectivity index (χ1n) is 9.31.